The van der Waals surface area contributed by atoms with Crippen molar-refractivity contribution in [1.82, 2.24) is 14.5 Å². The minimum atomic E-state index is -1.72. The molecule has 1 aromatic carbocycles. The fourth-order valence-electron chi connectivity index (χ4n) is 5.29. The summed E-state index contributed by atoms with van der Waals surface area (Å²) in [6, 6.07) is 5.41. The van der Waals surface area contributed by atoms with Gasteiger partial charge in [-0.2, -0.15) is 4.98 Å². The monoisotopic (exact) mass is 621 g/mol. The van der Waals surface area contributed by atoms with Crippen LogP contribution in [0.4, 0.5) is 31.9 Å². The topological polar surface area (TPSA) is 110 Å². The minimum Gasteiger partial charge on any atom is -0.482 e. The molecule has 2 aliphatic heterocycles. The molecule has 3 aromatic rings. The van der Waals surface area contributed by atoms with E-state index in [1.54, 1.807) is 26.1 Å². The van der Waals surface area contributed by atoms with Crippen LogP contribution in [0.2, 0.25) is 5.02 Å². The normalized spacial score (nSPS) is 26.7. The number of aryl methyl sites for hydroxylation is 1. The number of aromatic nitrogens is 3. The van der Waals surface area contributed by atoms with Crippen molar-refractivity contribution in [3.8, 4) is 5.75 Å². The Morgan fingerprint density at radius 2 is 2.02 bits per heavy atom. The van der Waals surface area contributed by atoms with E-state index in [0.717, 1.165) is 0 Å². The van der Waals surface area contributed by atoms with Crippen molar-refractivity contribution in [3.63, 3.8) is 0 Å². The molecule has 13 heteroatoms. The Bertz CT molecular complexity index is 1510. The third-order valence-electron chi connectivity index (χ3n) is 8.21. The van der Waals surface area contributed by atoms with Crippen molar-refractivity contribution in [1.29, 1.82) is 0 Å². The average Bonchev–Trinajstić information content (AvgIpc) is 3.83. The van der Waals surface area contributed by atoms with Gasteiger partial charge in [-0.1, -0.05) is 47.0 Å². The van der Waals surface area contributed by atoms with Crippen molar-refractivity contribution >= 4 is 54.9 Å². The number of hydrogen-bond acceptors (Lipinski definition) is 8. The van der Waals surface area contributed by atoms with Gasteiger partial charge in [0.25, 0.3) is 5.56 Å². The Hall–Kier alpha value is -2.75. The summed E-state index contributed by atoms with van der Waals surface area (Å²) in [7, 11) is 3.77. The number of pyridine rings is 1. The molecule has 5 atom stereocenters. The van der Waals surface area contributed by atoms with Gasteiger partial charge in [0.1, 0.15) is 17.3 Å². The smallest absolute Gasteiger partial charge is 0.295 e. The molecule has 3 aliphatic rings. The second-order valence-corrected chi connectivity index (χ2v) is 13.2. The van der Waals surface area contributed by atoms with Gasteiger partial charge in [0.15, 0.2) is 11.2 Å². The highest BCUT2D eigenvalue weighted by atomic mass is 35.5. The summed E-state index contributed by atoms with van der Waals surface area (Å²) in [5.74, 6) is 0.407. The Kier molecular flexibility index (Phi) is 8.84. The number of ether oxygens (including phenoxy) is 1. The Morgan fingerprint density at radius 3 is 2.71 bits per heavy atom. The van der Waals surface area contributed by atoms with E-state index >= 15 is 4.39 Å². The molecule has 4 heterocycles. The first-order valence-electron chi connectivity index (χ1n) is 14.4. The van der Waals surface area contributed by atoms with Gasteiger partial charge in [-0.15, -0.1) is 0 Å². The molecule has 0 bridgehead atoms. The number of halogens is 3. The standard InChI is InChI=1S/C26H33ClF2N7O2P.C3H6/c1-14-10-36(11-15(6-7-30)25(14,2)28)24-31-9-18(27)22(34-24)33-16-4-5-19-17(8-16)20-21(23(37)35(19)3)38-13-26(29,39)12-32-20;1-2-3-1/h4-5,8-9,14-15,32H,6-7,10-13,30,39H2,1-3H3,(H,31,33,34);1-3H2. The SMILES string of the molecule is C1CC1.CC1CN(c2ncc(Cl)c(Nc3ccc4c(c3)c3c(c(=O)n4C)OCC(F)(P)CN3)n2)CC(CCN)C1(C)F. The number of anilines is 4. The lowest BCUT2D eigenvalue weighted by Gasteiger charge is -2.45. The number of hydrogen-bond donors (Lipinski definition) is 3. The van der Waals surface area contributed by atoms with Crippen LogP contribution in [-0.4, -0.2) is 58.4 Å². The molecule has 1 aliphatic carbocycles. The number of piperidine rings is 1. The highest BCUT2D eigenvalue weighted by Crippen LogP contribution is 2.40. The molecule has 4 N–H and O–H groups in total. The molecular formula is C29H39ClF2N7O2P. The molecule has 228 valence electrons. The molecule has 0 amide bonds. The molecule has 2 aromatic heterocycles. The van der Waals surface area contributed by atoms with E-state index in [9.17, 15) is 9.18 Å². The third-order valence-corrected chi connectivity index (χ3v) is 8.86. The van der Waals surface area contributed by atoms with Crippen LogP contribution in [0.3, 0.4) is 0 Å². The Labute approximate surface area is 251 Å². The third kappa shape index (κ3) is 6.43. The van der Waals surface area contributed by atoms with Crippen molar-refractivity contribution in [2.45, 2.75) is 50.6 Å². The van der Waals surface area contributed by atoms with Gasteiger partial charge in [0.2, 0.25) is 11.7 Å². The molecular weight excluding hydrogens is 583 g/mol. The maximum absolute atomic E-state index is 15.4. The predicted octanol–water partition coefficient (Wildman–Crippen LogP) is 5.39. The summed E-state index contributed by atoms with van der Waals surface area (Å²) in [5.41, 5.74) is 5.79. The fraction of sp³-hybridized carbons (Fsp3) is 0.552. The van der Waals surface area contributed by atoms with Crippen LogP contribution < -0.4 is 31.6 Å². The van der Waals surface area contributed by atoms with E-state index in [-0.39, 0.29) is 36.3 Å². The van der Waals surface area contributed by atoms with Crippen LogP contribution >= 0.6 is 20.8 Å². The first kappa shape index (κ1) is 30.7. The van der Waals surface area contributed by atoms with Gasteiger partial charge in [0, 0.05) is 43.0 Å². The molecule has 1 saturated carbocycles. The zero-order valence-corrected chi connectivity index (χ0v) is 26.1. The van der Waals surface area contributed by atoms with E-state index in [0.29, 0.717) is 65.1 Å². The van der Waals surface area contributed by atoms with Crippen LogP contribution in [0, 0.1) is 11.8 Å². The zero-order valence-electron chi connectivity index (χ0n) is 24.2. The van der Waals surface area contributed by atoms with Gasteiger partial charge in [-0.25, -0.2) is 13.8 Å². The first-order valence-corrected chi connectivity index (χ1v) is 15.3. The quantitative estimate of drug-likeness (QED) is 0.325. The molecule has 6 rings (SSSR count). The van der Waals surface area contributed by atoms with E-state index in [4.69, 9.17) is 22.1 Å². The largest absolute Gasteiger partial charge is 0.482 e. The summed E-state index contributed by atoms with van der Waals surface area (Å²) < 4.78 is 37.1. The number of alkyl halides is 2. The van der Waals surface area contributed by atoms with Crippen LogP contribution in [0.15, 0.2) is 29.2 Å². The number of nitrogens with one attached hydrogen (secondary N) is 2. The summed E-state index contributed by atoms with van der Waals surface area (Å²) in [6.45, 7) is 4.54. The highest BCUT2D eigenvalue weighted by Gasteiger charge is 2.45. The molecule has 0 radical (unpaired) electrons. The van der Waals surface area contributed by atoms with E-state index in [2.05, 4.69) is 29.8 Å². The molecule has 1 saturated heterocycles. The molecule has 2 fully saturated rings. The number of benzene rings is 1. The van der Waals surface area contributed by atoms with Crippen LogP contribution in [-0.2, 0) is 7.05 Å². The maximum Gasteiger partial charge on any atom is 0.295 e. The Morgan fingerprint density at radius 1 is 1.29 bits per heavy atom. The fourth-order valence-corrected chi connectivity index (χ4v) is 5.61. The molecule has 0 spiro atoms. The number of nitrogens with zero attached hydrogens (tertiary/aromatic N) is 4. The van der Waals surface area contributed by atoms with E-state index < -0.39 is 11.1 Å². The highest BCUT2D eigenvalue weighted by molar-refractivity contribution is 7.18. The van der Waals surface area contributed by atoms with Crippen LogP contribution in [0.25, 0.3) is 10.9 Å². The summed E-state index contributed by atoms with van der Waals surface area (Å²) in [5, 5.41) is 5.55. The molecule has 42 heavy (non-hydrogen) atoms. The van der Waals surface area contributed by atoms with Crippen LogP contribution in [0.1, 0.15) is 39.5 Å². The lowest BCUT2D eigenvalue weighted by molar-refractivity contribution is 0.0239. The second-order valence-electron chi connectivity index (χ2n) is 11.8. The molecule has 9 nitrogen and oxygen atoms in total. The van der Waals surface area contributed by atoms with Crippen molar-refractivity contribution < 1.29 is 13.5 Å². The summed E-state index contributed by atoms with van der Waals surface area (Å²) >= 11 is 6.47. The number of nitrogens with two attached hydrogens (primary N) is 1. The van der Waals surface area contributed by atoms with Crippen molar-refractivity contribution in [2.24, 2.45) is 24.6 Å². The van der Waals surface area contributed by atoms with Gasteiger partial charge in [-0.3, -0.25) is 4.79 Å². The van der Waals surface area contributed by atoms with Gasteiger partial charge in [0.05, 0.1) is 23.9 Å². The average molecular weight is 622 g/mol. The Balaban J connectivity index is 0.00000110. The number of fused-ring (bicyclic) bond motifs is 3. The zero-order chi connectivity index (χ0) is 30.2. The lowest BCUT2D eigenvalue weighted by Crippen LogP contribution is -2.54. The van der Waals surface area contributed by atoms with Gasteiger partial charge >= 0.3 is 0 Å². The van der Waals surface area contributed by atoms with Crippen molar-refractivity contribution in [2.75, 3.05) is 48.3 Å². The van der Waals surface area contributed by atoms with E-state index in [1.807, 2.05) is 17.9 Å². The lowest BCUT2D eigenvalue weighted by atomic mass is 9.75. The maximum atomic E-state index is 15.4. The predicted molar refractivity (Wildman–Crippen MR) is 169 cm³/mol. The summed E-state index contributed by atoms with van der Waals surface area (Å²) in [6.07, 6.45) is 6.58. The second kappa shape index (κ2) is 12.1. The van der Waals surface area contributed by atoms with E-state index in [1.165, 1.54) is 30.0 Å². The van der Waals surface area contributed by atoms with Crippen LogP contribution in [0.5, 0.6) is 5.75 Å². The van der Waals surface area contributed by atoms with Crippen molar-refractivity contribution in [3.05, 3.63) is 39.8 Å². The summed E-state index contributed by atoms with van der Waals surface area (Å²) in [4.78, 5) is 24.0. The molecule has 5 unspecified atom stereocenters. The van der Waals surface area contributed by atoms with Gasteiger partial charge < -0.3 is 30.6 Å². The minimum absolute atomic E-state index is 0.0387. The van der Waals surface area contributed by atoms with Gasteiger partial charge in [-0.05, 0) is 38.1 Å². The first-order chi connectivity index (χ1) is 19.9. The number of rotatable bonds is 5.